The minimum atomic E-state index is -0.988. The number of aliphatic carboxylic acids is 1. The van der Waals surface area contributed by atoms with Crippen LogP contribution in [0, 0.1) is 5.92 Å². The number of hydrogen-bond acceptors (Lipinski definition) is 2. The van der Waals surface area contributed by atoms with Gasteiger partial charge in [-0.05, 0) is 36.1 Å². The summed E-state index contributed by atoms with van der Waals surface area (Å²) in [7, 11) is 0. The lowest BCUT2D eigenvalue weighted by molar-refractivity contribution is -0.131. The maximum Gasteiger partial charge on any atom is 0.328 e. The molecule has 21 heavy (non-hydrogen) atoms. The summed E-state index contributed by atoms with van der Waals surface area (Å²) in [5.41, 5.74) is 1.34. The summed E-state index contributed by atoms with van der Waals surface area (Å²) >= 11 is 0. The second-order valence-corrected chi connectivity index (χ2v) is 5.44. The fourth-order valence-electron chi connectivity index (χ4n) is 1.89. The van der Waals surface area contributed by atoms with E-state index in [2.05, 4.69) is 19.2 Å². The largest absolute Gasteiger partial charge is 0.478 e. The van der Waals surface area contributed by atoms with Gasteiger partial charge in [0.1, 0.15) is 0 Å². The van der Waals surface area contributed by atoms with E-state index >= 15 is 0 Å². The first-order valence-corrected chi connectivity index (χ1v) is 7.28. The van der Waals surface area contributed by atoms with E-state index in [0.29, 0.717) is 18.0 Å². The van der Waals surface area contributed by atoms with Gasteiger partial charge in [-0.1, -0.05) is 38.8 Å². The Balaban J connectivity index is 2.39. The highest BCUT2D eigenvalue weighted by molar-refractivity contribution is 5.94. The Bertz CT molecular complexity index is 489. The van der Waals surface area contributed by atoms with Crippen LogP contribution < -0.4 is 5.32 Å². The van der Waals surface area contributed by atoms with Crippen LogP contribution in [0.2, 0.25) is 0 Å². The first-order chi connectivity index (χ1) is 9.99. The zero-order valence-electron chi connectivity index (χ0n) is 12.6. The fraction of sp³-hybridized carbons (Fsp3) is 0.412. The highest BCUT2D eigenvalue weighted by atomic mass is 16.4. The van der Waals surface area contributed by atoms with Gasteiger partial charge in [0.05, 0.1) is 0 Å². The molecule has 0 aliphatic heterocycles. The van der Waals surface area contributed by atoms with Gasteiger partial charge < -0.3 is 10.4 Å². The molecule has 0 aliphatic carbocycles. The summed E-state index contributed by atoms with van der Waals surface area (Å²) in [5.74, 6) is -0.376. The van der Waals surface area contributed by atoms with E-state index in [0.717, 1.165) is 24.5 Å². The SMILES string of the molecule is CC(C)CCCCNC(=O)c1ccc(/C=C/C(=O)O)cc1. The van der Waals surface area contributed by atoms with Crippen molar-refractivity contribution in [3.8, 4) is 0 Å². The molecule has 2 N–H and O–H groups in total. The smallest absolute Gasteiger partial charge is 0.328 e. The third-order valence-corrected chi connectivity index (χ3v) is 3.09. The molecule has 0 saturated heterocycles. The van der Waals surface area contributed by atoms with Gasteiger partial charge in [-0.2, -0.15) is 0 Å². The molecule has 1 amide bonds. The second-order valence-electron chi connectivity index (χ2n) is 5.44. The first-order valence-electron chi connectivity index (χ1n) is 7.28. The van der Waals surface area contributed by atoms with E-state index in [1.165, 1.54) is 12.5 Å². The van der Waals surface area contributed by atoms with E-state index in [1.54, 1.807) is 24.3 Å². The number of carboxylic acids is 1. The van der Waals surface area contributed by atoms with E-state index in [9.17, 15) is 9.59 Å². The minimum absolute atomic E-state index is 0.0895. The van der Waals surface area contributed by atoms with Crippen LogP contribution >= 0.6 is 0 Å². The summed E-state index contributed by atoms with van der Waals surface area (Å²) in [6.07, 6.45) is 5.86. The number of nitrogens with one attached hydrogen (secondary N) is 1. The van der Waals surface area contributed by atoms with Crippen molar-refractivity contribution < 1.29 is 14.7 Å². The topological polar surface area (TPSA) is 66.4 Å². The van der Waals surface area contributed by atoms with E-state index in [1.807, 2.05) is 0 Å². The van der Waals surface area contributed by atoms with Crippen molar-refractivity contribution in [2.24, 2.45) is 5.92 Å². The molecule has 0 fully saturated rings. The molecule has 1 rings (SSSR count). The molecule has 4 heteroatoms. The molecular weight excluding hydrogens is 266 g/mol. The molecular formula is C17H23NO3. The van der Waals surface area contributed by atoms with Gasteiger partial charge in [0.25, 0.3) is 5.91 Å². The number of amides is 1. The monoisotopic (exact) mass is 289 g/mol. The highest BCUT2D eigenvalue weighted by Gasteiger charge is 2.04. The lowest BCUT2D eigenvalue weighted by Crippen LogP contribution is -2.24. The minimum Gasteiger partial charge on any atom is -0.478 e. The normalized spacial score (nSPS) is 11.0. The Kier molecular flexibility index (Phi) is 7.23. The third-order valence-electron chi connectivity index (χ3n) is 3.09. The number of hydrogen-bond donors (Lipinski definition) is 2. The first kappa shape index (κ1) is 17.0. The summed E-state index contributed by atoms with van der Waals surface area (Å²) in [6.45, 7) is 5.07. The zero-order chi connectivity index (χ0) is 15.7. The summed E-state index contributed by atoms with van der Waals surface area (Å²) in [5, 5.41) is 11.4. The van der Waals surface area contributed by atoms with Crippen LogP contribution in [0.15, 0.2) is 30.3 Å². The Morgan fingerprint density at radius 3 is 2.43 bits per heavy atom. The second kappa shape index (κ2) is 8.95. The van der Waals surface area contributed by atoms with Crippen LogP contribution in [0.25, 0.3) is 6.08 Å². The molecule has 0 atom stereocenters. The summed E-state index contributed by atoms with van der Waals surface area (Å²) < 4.78 is 0. The van der Waals surface area contributed by atoms with Crippen molar-refractivity contribution in [3.05, 3.63) is 41.5 Å². The average Bonchev–Trinajstić information content (AvgIpc) is 2.44. The van der Waals surface area contributed by atoms with Crippen LogP contribution in [0.5, 0.6) is 0 Å². The maximum atomic E-state index is 11.9. The van der Waals surface area contributed by atoms with Gasteiger partial charge in [0.2, 0.25) is 0 Å². The lowest BCUT2D eigenvalue weighted by atomic mass is 10.1. The number of benzene rings is 1. The molecule has 0 radical (unpaired) electrons. The number of carbonyl (C=O) groups excluding carboxylic acids is 1. The lowest BCUT2D eigenvalue weighted by Gasteiger charge is -2.07. The van der Waals surface area contributed by atoms with Crippen LogP contribution in [-0.2, 0) is 4.79 Å². The van der Waals surface area contributed by atoms with Gasteiger partial charge in [-0.3, -0.25) is 4.79 Å². The standard InChI is InChI=1S/C17H23NO3/c1-13(2)5-3-4-12-18-17(21)15-9-6-14(7-10-15)8-11-16(19)20/h6-11,13H,3-5,12H2,1-2H3,(H,18,21)(H,19,20)/b11-8+. The van der Waals surface area contributed by atoms with Crippen molar-refractivity contribution in [3.63, 3.8) is 0 Å². The van der Waals surface area contributed by atoms with E-state index in [-0.39, 0.29) is 5.91 Å². The van der Waals surface area contributed by atoms with Gasteiger partial charge in [0.15, 0.2) is 0 Å². The van der Waals surface area contributed by atoms with Gasteiger partial charge in [-0.25, -0.2) is 4.79 Å². The van der Waals surface area contributed by atoms with E-state index in [4.69, 9.17) is 5.11 Å². The van der Waals surface area contributed by atoms with Crippen LogP contribution in [0.1, 0.15) is 49.0 Å². The molecule has 0 saturated carbocycles. The summed E-state index contributed by atoms with van der Waals surface area (Å²) in [6, 6.07) is 6.86. The Hall–Kier alpha value is -2.10. The number of rotatable bonds is 8. The van der Waals surface area contributed by atoms with Crippen LogP contribution in [-0.4, -0.2) is 23.5 Å². The summed E-state index contributed by atoms with van der Waals surface area (Å²) in [4.78, 5) is 22.3. The van der Waals surface area contributed by atoms with Crippen molar-refractivity contribution in [2.75, 3.05) is 6.54 Å². The zero-order valence-corrected chi connectivity index (χ0v) is 12.6. The molecule has 1 aromatic carbocycles. The molecule has 0 spiro atoms. The van der Waals surface area contributed by atoms with Crippen molar-refractivity contribution >= 4 is 18.0 Å². The van der Waals surface area contributed by atoms with Crippen molar-refractivity contribution in [1.29, 1.82) is 0 Å². The van der Waals surface area contributed by atoms with Gasteiger partial charge in [-0.15, -0.1) is 0 Å². The van der Waals surface area contributed by atoms with E-state index < -0.39 is 5.97 Å². The molecule has 114 valence electrons. The predicted octanol–water partition coefficient (Wildman–Crippen LogP) is 3.34. The highest BCUT2D eigenvalue weighted by Crippen LogP contribution is 2.07. The van der Waals surface area contributed by atoms with Crippen molar-refractivity contribution in [1.82, 2.24) is 5.32 Å². The third kappa shape index (κ3) is 7.30. The van der Waals surface area contributed by atoms with Crippen molar-refractivity contribution in [2.45, 2.75) is 33.1 Å². The molecule has 0 unspecified atom stereocenters. The fourth-order valence-corrected chi connectivity index (χ4v) is 1.89. The predicted molar refractivity (Wildman–Crippen MR) is 84.1 cm³/mol. The quantitative estimate of drug-likeness (QED) is 0.570. The number of unbranched alkanes of at least 4 members (excludes halogenated alkanes) is 1. The molecule has 4 nitrogen and oxygen atoms in total. The average molecular weight is 289 g/mol. The van der Waals surface area contributed by atoms with Gasteiger partial charge >= 0.3 is 5.97 Å². The van der Waals surface area contributed by atoms with Gasteiger partial charge in [0, 0.05) is 18.2 Å². The molecule has 0 bridgehead atoms. The number of carboxylic acid groups (broad SMARTS) is 1. The molecule has 1 aromatic rings. The number of carbonyl (C=O) groups is 2. The van der Waals surface area contributed by atoms with Crippen LogP contribution in [0.4, 0.5) is 0 Å². The molecule has 0 heterocycles. The maximum absolute atomic E-state index is 11.9. The molecule has 0 aromatic heterocycles. The Morgan fingerprint density at radius 2 is 1.86 bits per heavy atom. The molecule has 0 aliphatic rings. The Morgan fingerprint density at radius 1 is 1.19 bits per heavy atom. The van der Waals surface area contributed by atoms with Crippen LogP contribution in [0.3, 0.4) is 0 Å². The Labute approximate surface area is 125 Å².